The molecule has 0 saturated carbocycles. The lowest BCUT2D eigenvalue weighted by atomic mass is 10.1. The van der Waals surface area contributed by atoms with Crippen molar-refractivity contribution in [1.82, 2.24) is 4.72 Å². The molecule has 2 rings (SSSR count). The van der Waals surface area contributed by atoms with Crippen LogP contribution >= 0.6 is 0 Å². The molecule has 0 saturated heterocycles. The van der Waals surface area contributed by atoms with Crippen molar-refractivity contribution in [2.45, 2.75) is 32.2 Å². The minimum atomic E-state index is -3.52. The van der Waals surface area contributed by atoms with Gasteiger partial charge in [0.05, 0.1) is 17.7 Å². The Morgan fingerprint density at radius 2 is 1.79 bits per heavy atom. The second kappa shape index (κ2) is 5.19. The molecule has 1 aromatic carbocycles. The van der Waals surface area contributed by atoms with Crippen molar-refractivity contribution in [3.8, 4) is 0 Å². The Morgan fingerprint density at radius 1 is 1.11 bits per heavy atom. The van der Waals surface area contributed by atoms with Crippen LogP contribution in [-0.4, -0.2) is 8.42 Å². The van der Waals surface area contributed by atoms with E-state index >= 15 is 0 Å². The first-order valence-electron chi connectivity index (χ1n) is 6.00. The standard InChI is InChI=1S/C14H17NO3S/c1-10-7-12(3)14(8-11(10)2)19(16,17)15-9-13-5-4-6-18-13/h4-8,15H,9H2,1-3H3. The van der Waals surface area contributed by atoms with Crippen LogP contribution in [0.5, 0.6) is 0 Å². The highest BCUT2D eigenvalue weighted by Gasteiger charge is 2.17. The molecule has 1 heterocycles. The molecule has 0 fully saturated rings. The molecule has 0 aliphatic rings. The molecule has 0 atom stereocenters. The molecule has 102 valence electrons. The van der Waals surface area contributed by atoms with Crippen molar-refractivity contribution in [2.75, 3.05) is 0 Å². The average Bonchev–Trinajstić information content (AvgIpc) is 2.84. The minimum absolute atomic E-state index is 0.154. The maximum absolute atomic E-state index is 12.3. The molecule has 0 amide bonds. The van der Waals surface area contributed by atoms with Crippen molar-refractivity contribution >= 4 is 10.0 Å². The Balaban J connectivity index is 2.27. The maximum atomic E-state index is 12.3. The second-order valence-corrected chi connectivity index (χ2v) is 6.34. The van der Waals surface area contributed by atoms with E-state index in [1.807, 2.05) is 19.9 Å². The van der Waals surface area contributed by atoms with E-state index in [9.17, 15) is 8.42 Å². The van der Waals surface area contributed by atoms with Gasteiger partial charge < -0.3 is 4.42 Å². The van der Waals surface area contributed by atoms with Gasteiger partial charge in [0, 0.05) is 0 Å². The second-order valence-electron chi connectivity index (χ2n) is 4.61. The topological polar surface area (TPSA) is 59.3 Å². The van der Waals surface area contributed by atoms with E-state index < -0.39 is 10.0 Å². The molecule has 5 heteroatoms. The highest BCUT2D eigenvalue weighted by Crippen LogP contribution is 2.20. The highest BCUT2D eigenvalue weighted by atomic mass is 32.2. The Bertz CT molecular complexity index is 673. The number of hydrogen-bond acceptors (Lipinski definition) is 3. The Kier molecular flexibility index (Phi) is 3.78. The zero-order valence-electron chi connectivity index (χ0n) is 11.2. The lowest BCUT2D eigenvalue weighted by molar-refractivity contribution is 0.498. The highest BCUT2D eigenvalue weighted by molar-refractivity contribution is 7.89. The summed E-state index contributed by atoms with van der Waals surface area (Å²) in [6, 6.07) is 7.05. The number of nitrogens with one attached hydrogen (secondary N) is 1. The van der Waals surface area contributed by atoms with Gasteiger partial charge in [-0.3, -0.25) is 0 Å². The van der Waals surface area contributed by atoms with Gasteiger partial charge in [0.15, 0.2) is 0 Å². The first-order valence-corrected chi connectivity index (χ1v) is 7.48. The Labute approximate surface area is 113 Å². The van der Waals surface area contributed by atoms with Crippen LogP contribution in [0.25, 0.3) is 0 Å². The summed E-state index contributed by atoms with van der Waals surface area (Å²) in [5.41, 5.74) is 2.79. The monoisotopic (exact) mass is 279 g/mol. The summed E-state index contributed by atoms with van der Waals surface area (Å²) in [7, 11) is -3.52. The largest absolute Gasteiger partial charge is 0.468 e. The molecule has 2 aromatic rings. The van der Waals surface area contributed by atoms with Gasteiger partial charge in [-0.05, 0) is 55.7 Å². The average molecular weight is 279 g/mol. The number of benzene rings is 1. The molecule has 0 unspecified atom stereocenters. The first-order chi connectivity index (χ1) is 8.90. The van der Waals surface area contributed by atoms with Crippen LogP contribution in [0.4, 0.5) is 0 Å². The third kappa shape index (κ3) is 3.05. The number of sulfonamides is 1. The van der Waals surface area contributed by atoms with Crippen LogP contribution in [0.2, 0.25) is 0 Å². The molecule has 0 bridgehead atoms. The molecule has 4 nitrogen and oxygen atoms in total. The summed E-state index contributed by atoms with van der Waals surface area (Å²) in [5.74, 6) is 0.588. The fourth-order valence-corrected chi connectivity index (χ4v) is 3.18. The molecule has 1 N–H and O–H groups in total. The van der Waals surface area contributed by atoms with E-state index in [1.165, 1.54) is 6.26 Å². The van der Waals surface area contributed by atoms with E-state index in [0.29, 0.717) is 10.7 Å². The fraction of sp³-hybridized carbons (Fsp3) is 0.286. The normalized spacial score (nSPS) is 11.7. The summed E-state index contributed by atoms with van der Waals surface area (Å²) >= 11 is 0. The SMILES string of the molecule is Cc1cc(C)c(S(=O)(=O)NCc2ccco2)cc1C. The molecular formula is C14H17NO3S. The predicted molar refractivity (Wildman–Crippen MR) is 73.4 cm³/mol. The summed E-state index contributed by atoms with van der Waals surface area (Å²) in [5, 5.41) is 0. The summed E-state index contributed by atoms with van der Waals surface area (Å²) in [4.78, 5) is 0.321. The minimum Gasteiger partial charge on any atom is -0.468 e. The zero-order chi connectivity index (χ0) is 14.0. The van der Waals surface area contributed by atoms with Gasteiger partial charge in [0.2, 0.25) is 10.0 Å². The van der Waals surface area contributed by atoms with Gasteiger partial charge in [-0.25, -0.2) is 13.1 Å². The number of rotatable bonds is 4. The summed E-state index contributed by atoms with van der Waals surface area (Å²) in [6.07, 6.45) is 1.52. The number of aryl methyl sites for hydroxylation is 3. The van der Waals surface area contributed by atoms with Gasteiger partial charge in [0.25, 0.3) is 0 Å². The van der Waals surface area contributed by atoms with Crippen molar-refractivity contribution in [2.24, 2.45) is 0 Å². The molecule has 19 heavy (non-hydrogen) atoms. The van der Waals surface area contributed by atoms with Crippen LogP contribution in [0.3, 0.4) is 0 Å². The quantitative estimate of drug-likeness (QED) is 0.936. The van der Waals surface area contributed by atoms with E-state index in [-0.39, 0.29) is 6.54 Å². The Morgan fingerprint density at radius 3 is 2.42 bits per heavy atom. The van der Waals surface area contributed by atoms with Gasteiger partial charge in [-0.2, -0.15) is 0 Å². The van der Waals surface area contributed by atoms with E-state index in [0.717, 1.165) is 16.7 Å². The van der Waals surface area contributed by atoms with Gasteiger partial charge in [0.1, 0.15) is 5.76 Å². The predicted octanol–water partition coefficient (Wildman–Crippen LogP) is 2.68. The third-order valence-corrected chi connectivity index (χ3v) is 4.64. The van der Waals surface area contributed by atoms with Crippen LogP contribution in [-0.2, 0) is 16.6 Å². The lowest BCUT2D eigenvalue weighted by Gasteiger charge is -2.11. The van der Waals surface area contributed by atoms with E-state index in [2.05, 4.69) is 4.72 Å². The zero-order valence-corrected chi connectivity index (χ0v) is 12.0. The van der Waals surface area contributed by atoms with Crippen LogP contribution in [0.15, 0.2) is 39.8 Å². The molecule has 0 aliphatic heterocycles. The van der Waals surface area contributed by atoms with Crippen LogP contribution in [0.1, 0.15) is 22.5 Å². The lowest BCUT2D eigenvalue weighted by Crippen LogP contribution is -2.24. The van der Waals surface area contributed by atoms with E-state index in [4.69, 9.17) is 4.42 Å². The van der Waals surface area contributed by atoms with Crippen molar-refractivity contribution in [3.63, 3.8) is 0 Å². The van der Waals surface area contributed by atoms with Gasteiger partial charge in [-0.15, -0.1) is 0 Å². The van der Waals surface area contributed by atoms with Crippen molar-refractivity contribution < 1.29 is 12.8 Å². The molecular weight excluding hydrogens is 262 g/mol. The molecule has 0 radical (unpaired) electrons. The van der Waals surface area contributed by atoms with Crippen LogP contribution in [0, 0.1) is 20.8 Å². The number of hydrogen-bond donors (Lipinski definition) is 1. The Hall–Kier alpha value is -1.59. The molecule has 1 aromatic heterocycles. The maximum Gasteiger partial charge on any atom is 0.241 e. The van der Waals surface area contributed by atoms with Crippen molar-refractivity contribution in [1.29, 1.82) is 0 Å². The number of furan rings is 1. The third-order valence-electron chi connectivity index (χ3n) is 3.10. The van der Waals surface area contributed by atoms with Crippen molar-refractivity contribution in [3.05, 3.63) is 53.0 Å². The smallest absolute Gasteiger partial charge is 0.241 e. The molecule has 0 aliphatic carbocycles. The van der Waals surface area contributed by atoms with Gasteiger partial charge >= 0.3 is 0 Å². The van der Waals surface area contributed by atoms with Crippen LogP contribution < -0.4 is 4.72 Å². The summed E-state index contributed by atoms with van der Waals surface area (Å²) in [6.45, 7) is 5.82. The van der Waals surface area contributed by atoms with Gasteiger partial charge in [-0.1, -0.05) is 6.07 Å². The first kappa shape index (κ1) is 13.8. The molecule has 0 spiro atoms. The van der Waals surface area contributed by atoms with E-state index in [1.54, 1.807) is 25.1 Å². The fourth-order valence-electron chi connectivity index (χ4n) is 1.88. The summed E-state index contributed by atoms with van der Waals surface area (Å²) < 4.78 is 32.2.